The molecule has 0 spiro atoms. The minimum absolute atomic E-state index is 0.0533. The second kappa shape index (κ2) is 5.16. The Labute approximate surface area is 120 Å². The second-order valence-corrected chi connectivity index (χ2v) is 5.25. The Morgan fingerprint density at radius 2 is 2.35 bits per heavy atom. The van der Waals surface area contributed by atoms with E-state index in [0.717, 1.165) is 6.54 Å². The molecule has 2 atom stereocenters. The molecule has 3 heterocycles. The Balaban J connectivity index is 2.00. The molecule has 7 nitrogen and oxygen atoms in total. The highest BCUT2D eigenvalue weighted by atomic mass is 35.5. The van der Waals surface area contributed by atoms with Gasteiger partial charge in [0.05, 0.1) is 6.61 Å². The number of carbonyl (C=O) groups is 1. The van der Waals surface area contributed by atoms with Crippen LogP contribution >= 0.6 is 11.6 Å². The third-order valence-electron chi connectivity index (χ3n) is 3.60. The maximum atomic E-state index is 11.2. The normalized spacial score (nSPS) is 25.6. The van der Waals surface area contributed by atoms with E-state index in [-0.39, 0.29) is 12.1 Å². The Morgan fingerprint density at radius 1 is 1.55 bits per heavy atom. The van der Waals surface area contributed by atoms with E-state index in [1.165, 1.54) is 4.90 Å². The number of anilines is 1. The predicted molar refractivity (Wildman–Crippen MR) is 72.3 cm³/mol. The van der Waals surface area contributed by atoms with Gasteiger partial charge in [0, 0.05) is 24.7 Å². The van der Waals surface area contributed by atoms with Crippen molar-refractivity contribution in [1.82, 2.24) is 15.3 Å². The van der Waals surface area contributed by atoms with Gasteiger partial charge in [-0.25, -0.2) is 14.8 Å². The Kier molecular flexibility index (Phi) is 3.49. The SMILES string of the molecule is CC1NCCO[C@H]1c1nc(Cl)c2c(n1)N(C(=O)O)CC2. The molecule has 2 aliphatic rings. The van der Waals surface area contributed by atoms with Gasteiger partial charge in [-0.15, -0.1) is 0 Å². The molecule has 0 aliphatic carbocycles. The van der Waals surface area contributed by atoms with E-state index in [0.29, 0.717) is 41.9 Å². The van der Waals surface area contributed by atoms with Crippen LogP contribution in [0.3, 0.4) is 0 Å². The minimum Gasteiger partial charge on any atom is -0.465 e. The maximum Gasteiger partial charge on any atom is 0.413 e. The number of aromatic nitrogens is 2. The number of carboxylic acid groups (broad SMARTS) is 1. The molecule has 2 N–H and O–H groups in total. The first-order valence-corrected chi connectivity index (χ1v) is 6.87. The third kappa shape index (κ3) is 2.21. The van der Waals surface area contributed by atoms with E-state index >= 15 is 0 Å². The summed E-state index contributed by atoms with van der Waals surface area (Å²) in [5.74, 6) is 0.815. The van der Waals surface area contributed by atoms with Crippen molar-refractivity contribution in [3.63, 3.8) is 0 Å². The molecule has 3 rings (SSSR count). The summed E-state index contributed by atoms with van der Waals surface area (Å²) in [6, 6.07) is 0.0533. The zero-order valence-corrected chi connectivity index (χ0v) is 11.7. The van der Waals surface area contributed by atoms with E-state index in [4.69, 9.17) is 16.3 Å². The van der Waals surface area contributed by atoms with Gasteiger partial charge in [-0.2, -0.15) is 0 Å². The van der Waals surface area contributed by atoms with Crippen LogP contribution in [-0.2, 0) is 11.2 Å². The van der Waals surface area contributed by atoms with Crippen LogP contribution in [0.25, 0.3) is 0 Å². The monoisotopic (exact) mass is 298 g/mol. The van der Waals surface area contributed by atoms with Crippen molar-refractivity contribution in [2.24, 2.45) is 0 Å². The van der Waals surface area contributed by atoms with Gasteiger partial charge in [-0.1, -0.05) is 11.6 Å². The molecule has 0 bridgehead atoms. The Morgan fingerprint density at radius 3 is 3.05 bits per heavy atom. The van der Waals surface area contributed by atoms with Crippen molar-refractivity contribution in [2.75, 3.05) is 24.6 Å². The zero-order valence-electron chi connectivity index (χ0n) is 11.0. The molecule has 8 heteroatoms. The van der Waals surface area contributed by atoms with Crippen molar-refractivity contribution in [3.8, 4) is 0 Å². The van der Waals surface area contributed by atoms with Crippen LogP contribution in [0.15, 0.2) is 0 Å². The van der Waals surface area contributed by atoms with Gasteiger partial charge < -0.3 is 15.2 Å². The van der Waals surface area contributed by atoms with Gasteiger partial charge in [-0.3, -0.25) is 4.90 Å². The van der Waals surface area contributed by atoms with Crippen molar-refractivity contribution in [1.29, 1.82) is 0 Å². The zero-order chi connectivity index (χ0) is 14.3. The summed E-state index contributed by atoms with van der Waals surface area (Å²) in [7, 11) is 0. The summed E-state index contributed by atoms with van der Waals surface area (Å²) in [4.78, 5) is 21.1. The molecule has 1 unspecified atom stereocenters. The van der Waals surface area contributed by atoms with Crippen molar-refractivity contribution in [2.45, 2.75) is 25.5 Å². The van der Waals surface area contributed by atoms with Crippen molar-refractivity contribution in [3.05, 3.63) is 16.5 Å². The number of halogens is 1. The first kappa shape index (κ1) is 13.5. The highest BCUT2D eigenvalue weighted by Gasteiger charge is 2.33. The van der Waals surface area contributed by atoms with Crippen LogP contribution in [0, 0.1) is 0 Å². The molecule has 1 aromatic rings. The standard InChI is InChI=1S/C12H15ClN4O3/c1-6-8(20-5-3-14-6)10-15-9(13)7-2-4-17(12(18)19)11(7)16-10/h6,8,14H,2-5H2,1H3,(H,18,19)/t6?,8-/m1/s1. The highest BCUT2D eigenvalue weighted by molar-refractivity contribution is 6.30. The number of hydrogen-bond acceptors (Lipinski definition) is 5. The molecule has 20 heavy (non-hydrogen) atoms. The van der Waals surface area contributed by atoms with E-state index < -0.39 is 6.09 Å². The Hall–Kier alpha value is -1.44. The average Bonchev–Trinajstić information content (AvgIpc) is 2.83. The summed E-state index contributed by atoms with van der Waals surface area (Å²) >= 11 is 6.17. The number of ether oxygens (including phenoxy) is 1. The molecule has 1 saturated heterocycles. The largest absolute Gasteiger partial charge is 0.465 e. The molecule has 0 saturated carbocycles. The number of fused-ring (bicyclic) bond motifs is 1. The fourth-order valence-electron chi connectivity index (χ4n) is 2.56. The lowest BCUT2D eigenvalue weighted by atomic mass is 10.1. The predicted octanol–water partition coefficient (Wildman–Crippen LogP) is 1.22. The van der Waals surface area contributed by atoms with E-state index in [1.807, 2.05) is 6.92 Å². The van der Waals surface area contributed by atoms with Crippen LogP contribution in [0.4, 0.5) is 10.6 Å². The lowest BCUT2D eigenvalue weighted by Crippen LogP contribution is -2.42. The van der Waals surface area contributed by atoms with Crippen molar-refractivity contribution >= 4 is 23.5 Å². The summed E-state index contributed by atoms with van der Waals surface area (Å²) in [6.45, 7) is 3.68. The number of hydrogen-bond donors (Lipinski definition) is 2. The van der Waals surface area contributed by atoms with Gasteiger partial charge in [0.1, 0.15) is 17.1 Å². The smallest absolute Gasteiger partial charge is 0.413 e. The number of nitrogens with one attached hydrogen (secondary N) is 1. The second-order valence-electron chi connectivity index (χ2n) is 4.89. The van der Waals surface area contributed by atoms with Gasteiger partial charge in [-0.05, 0) is 13.3 Å². The summed E-state index contributed by atoms with van der Waals surface area (Å²) in [6.07, 6.45) is -0.803. The maximum absolute atomic E-state index is 11.2. The fourth-order valence-corrected chi connectivity index (χ4v) is 2.83. The number of amides is 1. The molecular weight excluding hydrogens is 284 g/mol. The van der Waals surface area contributed by atoms with E-state index in [2.05, 4.69) is 15.3 Å². The molecule has 0 radical (unpaired) electrons. The first-order valence-electron chi connectivity index (χ1n) is 6.49. The van der Waals surface area contributed by atoms with E-state index in [9.17, 15) is 9.90 Å². The first-order chi connectivity index (χ1) is 9.58. The topological polar surface area (TPSA) is 87.6 Å². The number of rotatable bonds is 1. The lowest BCUT2D eigenvalue weighted by molar-refractivity contribution is -0.00555. The van der Waals surface area contributed by atoms with Crippen LogP contribution in [-0.4, -0.2) is 46.9 Å². The quantitative estimate of drug-likeness (QED) is 0.758. The molecule has 1 amide bonds. The molecule has 108 valence electrons. The highest BCUT2D eigenvalue weighted by Crippen LogP contribution is 2.33. The van der Waals surface area contributed by atoms with Gasteiger partial charge in [0.15, 0.2) is 5.82 Å². The summed E-state index contributed by atoms with van der Waals surface area (Å²) < 4.78 is 5.67. The number of nitrogens with zero attached hydrogens (tertiary/aromatic N) is 3. The van der Waals surface area contributed by atoms with Crippen LogP contribution < -0.4 is 10.2 Å². The van der Waals surface area contributed by atoms with Crippen LogP contribution in [0.1, 0.15) is 24.4 Å². The fraction of sp³-hybridized carbons (Fsp3) is 0.583. The minimum atomic E-state index is -1.03. The van der Waals surface area contributed by atoms with E-state index in [1.54, 1.807) is 0 Å². The third-order valence-corrected chi connectivity index (χ3v) is 3.91. The molecular formula is C12H15ClN4O3. The van der Waals surface area contributed by atoms with Crippen molar-refractivity contribution < 1.29 is 14.6 Å². The molecule has 2 aliphatic heterocycles. The van der Waals surface area contributed by atoms with Gasteiger partial charge >= 0.3 is 6.09 Å². The average molecular weight is 299 g/mol. The molecule has 1 aromatic heterocycles. The lowest BCUT2D eigenvalue weighted by Gasteiger charge is -2.29. The molecule has 0 aromatic carbocycles. The van der Waals surface area contributed by atoms with Crippen LogP contribution in [0.2, 0.25) is 5.15 Å². The number of morpholine rings is 1. The summed E-state index contributed by atoms with van der Waals surface area (Å²) in [5, 5.41) is 12.8. The van der Waals surface area contributed by atoms with Gasteiger partial charge in [0.2, 0.25) is 0 Å². The molecule has 1 fully saturated rings. The summed E-state index contributed by atoms with van der Waals surface area (Å²) in [5.41, 5.74) is 0.689. The Bertz CT molecular complexity index is 554. The van der Waals surface area contributed by atoms with Crippen LogP contribution in [0.5, 0.6) is 0 Å². The van der Waals surface area contributed by atoms with Gasteiger partial charge in [0.25, 0.3) is 0 Å².